The van der Waals surface area contributed by atoms with Gasteiger partial charge >= 0.3 is 5.97 Å². The van der Waals surface area contributed by atoms with E-state index in [2.05, 4.69) is 4.98 Å². The molecule has 4 nitrogen and oxygen atoms in total. The highest BCUT2D eigenvalue weighted by molar-refractivity contribution is 5.90. The second kappa shape index (κ2) is 3.96. The zero-order chi connectivity index (χ0) is 10.7. The van der Waals surface area contributed by atoms with E-state index >= 15 is 0 Å². The monoisotopic (exact) mass is 202 g/mol. The second-order valence-electron chi connectivity index (χ2n) is 3.12. The number of pyridine rings is 1. The van der Waals surface area contributed by atoms with E-state index in [0.717, 1.165) is 0 Å². The van der Waals surface area contributed by atoms with Gasteiger partial charge in [0.15, 0.2) is 0 Å². The Hall–Kier alpha value is -2.10. The number of hydrogen-bond donors (Lipinski definition) is 0. The topological polar surface area (TPSA) is 44.1 Å². The lowest BCUT2D eigenvalue weighted by molar-refractivity contribution is 0.0727. The Morgan fingerprint density at radius 3 is 2.87 bits per heavy atom. The van der Waals surface area contributed by atoms with Crippen molar-refractivity contribution in [2.24, 2.45) is 7.05 Å². The van der Waals surface area contributed by atoms with Crippen LogP contribution in [0.2, 0.25) is 0 Å². The first-order valence-corrected chi connectivity index (χ1v) is 4.51. The summed E-state index contributed by atoms with van der Waals surface area (Å²) in [5.41, 5.74) is 0.517. The summed E-state index contributed by atoms with van der Waals surface area (Å²) in [5.74, 6) is -0.0827. The number of carbonyl (C=O) groups is 1. The average Bonchev–Trinajstić information content (AvgIpc) is 2.66. The summed E-state index contributed by atoms with van der Waals surface area (Å²) in [4.78, 5) is 15.5. The molecule has 2 aromatic rings. The molecule has 0 fully saturated rings. The molecule has 4 heteroatoms. The first kappa shape index (κ1) is 9.45. The number of aromatic nitrogens is 2. The molecule has 0 aliphatic rings. The van der Waals surface area contributed by atoms with Crippen LogP contribution in [0.4, 0.5) is 0 Å². The number of aryl methyl sites for hydroxylation is 1. The van der Waals surface area contributed by atoms with Crippen molar-refractivity contribution < 1.29 is 9.53 Å². The summed E-state index contributed by atoms with van der Waals surface area (Å²) >= 11 is 0. The van der Waals surface area contributed by atoms with Crippen LogP contribution in [0.5, 0.6) is 5.88 Å². The summed E-state index contributed by atoms with van der Waals surface area (Å²) < 4.78 is 6.84. The van der Waals surface area contributed by atoms with Gasteiger partial charge in [-0.05, 0) is 12.1 Å². The molecule has 76 valence electrons. The van der Waals surface area contributed by atoms with E-state index in [-0.39, 0.29) is 0 Å². The molecule has 0 radical (unpaired) electrons. The van der Waals surface area contributed by atoms with Crippen molar-refractivity contribution in [3.8, 4) is 5.88 Å². The van der Waals surface area contributed by atoms with Gasteiger partial charge in [-0.1, -0.05) is 6.07 Å². The lowest BCUT2D eigenvalue weighted by Crippen LogP contribution is -2.08. The number of nitrogens with zero attached hydrogens (tertiary/aromatic N) is 2. The molecule has 0 saturated carbocycles. The van der Waals surface area contributed by atoms with Crippen LogP contribution in [0.3, 0.4) is 0 Å². The Balaban J connectivity index is 2.11. The lowest BCUT2D eigenvalue weighted by Gasteiger charge is -2.00. The van der Waals surface area contributed by atoms with Crippen LogP contribution in [0.1, 0.15) is 10.4 Å². The number of rotatable bonds is 2. The second-order valence-corrected chi connectivity index (χ2v) is 3.12. The van der Waals surface area contributed by atoms with Crippen molar-refractivity contribution >= 4 is 5.97 Å². The fourth-order valence-electron chi connectivity index (χ4n) is 1.19. The van der Waals surface area contributed by atoms with Crippen molar-refractivity contribution in [3.63, 3.8) is 0 Å². The van der Waals surface area contributed by atoms with Crippen LogP contribution in [-0.4, -0.2) is 15.5 Å². The maximum Gasteiger partial charge on any atom is 0.346 e. The van der Waals surface area contributed by atoms with Gasteiger partial charge in [0.2, 0.25) is 5.88 Å². The maximum atomic E-state index is 11.6. The van der Waals surface area contributed by atoms with Gasteiger partial charge in [-0.3, -0.25) is 0 Å². The Morgan fingerprint density at radius 1 is 1.40 bits per heavy atom. The number of ether oxygens (including phenoxy) is 1. The van der Waals surface area contributed by atoms with Gasteiger partial charge in [0, 0.05) is 31.7 Å². The van der Waals surface area contributed by atoms with Gasteiger partial charge in [-0.2, -0.15) is 0 Å². The van der Waals surface area contributed by atoms with E-state index in [1.54, 1.807) is 47.4 Å². The van der Waals surface area contributed by atoms with Gasteiger partial charge in [-0.25, -0.2) is 9.78 Å². The number of hydrogen-bond acceptors (Lipinski definition) is 3. The van der Waals surface area contributed by atoms with E-state index < -0.39 is 5.97 Å². The maximum absolute atomic E-state index is 11.6. The molecule has 0 amide bonds. The molecule has 0 N–H and O–H groups in total. The fraction of sp³-hybridized carbons (Fsp3) is 0.0909. The molecule has 0 spiro atoms. The normalized spacial score (nSPS) is 9.93. The molecule has 0 aromatic carbocycles. The average molecular weight is 202 g/mol. The molecule has 2 rings (SSSR count). The van der Waals surface area contributed by atoms with Crippen LogP contribution in [-0.2, 0) is 7.05 Å². The third kappa shape index (κ3) is 2.22. The third-order valence-electron chi connectivity index (χ3n) is 1.90. The van der Waals surface area contributed by atoms with Gasteiger partial charge in [-0.15, -0.1) is 0 Å². The minimum Gasteiger partial charge on any atom is -0.404 e. The quantitative estimate of drug-likeness (QED) is 0.695. The molecule has 2 aromatic heterocycles. The number of esters is 1. The van der Waals surface area contributed by atoms with Crippen molar-refractivity contribution in [3.05, 3.63) is 48.4 Å². The summed E-state index contributed by atoms with van der Waals surface area (Å²) in [5, 5.41) is 0. The van der Waals surface area contributed by atoms with Gasteiger partial charge in [0.05, 0.1) is 5.56 Å². The zero-order valence-corrected chi connectivity index (χ0v) is 8.25. The highest BCUT2D eigenvalue weighted by Crippen LogP contribution is 2.08. The van der Waals surface area contributed by atoms with Crippen molar-refractivity contribution in [2.75, 3.05) is 0 Å². The molecule has 0 saturated heterocycles. The van der Waals surface area contributed by atoms with Crippen molar-refractivity contribution in [2.45, 2.75) is 0 Å². The molecule has 0 bridgehead atoms. The van der Waals surface area contributed by atoms with Gasteiger partial charge in [0.1, 0.15) is 0 Å². The van der Waals surface area contributed by atoms with Gasteiger partial charge < -0.3 is 9.30 Å². The first-order valence-electron chi connectivity index (χ1n) is 4.51. The van der Waals surface area contributed by atoms with Crippen molar-refractivity contribution in [1.29, 1.82) is 0 Å². The van der Waals surface area contributed by atoms with Crippen molar-refractivity contribution in [1.82, 2.24) is 9.55 Å². The first-order chi connectivity index (χ1) is 7.25. The molecular formula is C11H10N2O2. The molecule has 15 heavy (non-hydrogen) atoms. The Kier molecular flexibility index (Phi) is 2.49. The summed E-state index contributed by atoms with van der Waals surface area (Å²) in [7, 11) is 1.84. The third-order valence-corrected chi connectivity index (χ3v) is 1.90. The van der Waals surface area contributed by atoms with Gasteiger partial charge in [0.25, 0.3) is 0 Å². The van der Waals surface area contributed by atoms with Crippen LogP contribution in [0.25, 0.3) is 0 Å². The lowest BCUT2D eigenvalue weighted by atomic mass is 10.3. The number of carbonyl (C=O) groups excluding carboxylic acids is 1. The molecule has 2 heterocycles. The van der Waals surface area contributed by atoms with E-state index in [1.165, 1.54) is 0 Å². The van der Waals surface area contributed by atoms with E-state index in [9.17, 15) is 4.79 Å². The molecule has 0 aliphatic heterocycles. The molecule has 0 aliphatic carbocycles. The Morgan fingerprint density at radius 2 is 2.27 bits per heavy atom. The van der Waals surface area contributed by atoms with E-state index in [4.69, 9.17) is 4.74 Å². The smallest absolute Gasteiger partial charge is 0.346 e. The van der Waals surface area contributed by atoms with E-state index in [1.807, 2.05) is 7.05 Å². The summed E-state index contributed by atoms with van der Waals surface area (Å²) in [6.45, 7) is 0. The zero-order valence-electron chi connectivity index (χ0n) is 8.25. The van der Waals surface area contributed by atoms with Crippen LogP contribution in [0.15, 0.2) is 42.9 Å². The molecule has 0 atom stereocenters. The van der Waals surface area contributed by atoms with Crippen LogP contribution in [0, 0.1) is 0 Å². The summed E-state index contributed by atoms with van der Waals surface area (Å²) in [6, 6.07) is 6.87. The Labute approximate surface area is 87.1 Å². The molecular weight excluding hydrogens is 192 g/mol. The van der Waals surface area contributed by atoms with Crippen LogP contribution >= 0.6 is 0 Å². The summed E-state index contributed by atoms with van der Waals surface area (Å²) in [6.07, 6.45) is 5.06. The highest BCUT2D eigenvalue weighted by Gasteiger charge is 2.09. The fourth-order valence-corrected chi connectivity index (χ4v) is 1.19. The SMILES string of the molecule is Cn1ccc(C(=O)Oc2ccccn2)c1. The predicted molar refractivity (Wildman–Crippen MR) is 54.6 cm³/mol. The highest BCUT2D eigenvalue weighted by atomic mass is 16.5. The minimum atomic E-state index is -0.394. The van der Waals surface area contributed by atoms with E-state index in [0.29, 0.717) is 11.4 Å². The largest absolute Gasteiger partial charge is 0.404 e. The molecule has 0 unspecified atom stereocenters. The van der Waals surface area contributed by atoms with Crippen LogP contribution < -0.4 is 4.74 Å². The predicted octanol–water partition coefficient (Wildman–Crippen LogP) is 1.64. The standard InChI is InChI=1S/C11H10N2O2/c1-13-7-5-9(8-13)11(14)15-10-4-2-3-6-12-10/h2-8H,1H3. The minimum absolute atomic E-state index is 0.311. The Bertz CT molecular complexity index is 462.